The summed E-state index contributed by atoms with van der Waals surface area (Å²) in [5.74, 6) is -0.335. The predicted octanol–water partition coefficient (Wildman–Crippen LogP) is 6.34. The van der Waals surface area contributed by atoms with Crippen LogP contribution in [0.25, 0.3) is 5.76 Å². The molecule has 0 spiro atoms. The van der Waals surface area contributed by atoms with Crippen molar-refractivity contribution >= 4 is 17.4 Å². The molecule has 0 aromatic heterocycles. The first kappa shape index (κ1) is 29.9. The third-order valence-corrected chi connectivity index (χ3v) is 7.14. The number of likely N-dealkylation sites (tertiary alicyclic amines) is 1. The van der Waals surface area contributed by atoms with E-state index in [4.69, 9.17) is 14.2 Å². The van der Waals surface area contributed by atoms with E-state index in [9.17, 15) is 14.7 Å². The number of Topliss-reactive ketones (excluding diaryl/α,β-unsaturated/α-hetero) is 1. The minimum atomic E-state index is -0.808. The molecule has 216 valence electrons. The lowest BCUT2D eigenvalue weighted by atomic mass is 9.84. The third-order valence-electron chi connectivity index (χ3n) is 7.14. The molecule has 0 radical (unpaired) electrons. The number of nitrogens with zero attached hydrogens (tertiary/aromatic N) is 1. The van der Waals surface area contributed by atoms with E-state index in [0.717, 1.165) is 11.1 Å². The highest BCUT2D eigenvalue weighted by Crippen LogP contribution is 2.41. The zero-order valence-corrected chi connectivity index (χ0v) is 24.7. The largest absolute Gasteiger partial charge is 0.507 e. The van der Waals surface area contributed by atoms with Gasteiger partial charge in [0.15, 0.2) is 0 Å². The number of aliphatic hydroxyl groups is 1. The maximum Gasteiger partial charge on any atom is 0.295 e. The van der Waals surface area contributed by atoms with Gasteiger partial charge in [-0.15, -0.1) is 0 Å². The van der Waals surface area contributed by atoms with E-state index in [-0.39, 0.29) is 29.9 Å². The molecule has 1 N–H and O–H groups in total. The van der Waals surface area contributed by atoms with Crippen molar-refractivity contribution in [1.29, 1.82) is 0 Å². The summed E-state index contributed by atoms with van der Waals surface area (Å²) in [6.07, 6.45) is 0. The van der Waals surface area contributed by atoms with Crippen molar-refractivity contribution in [3.63, 3.8) is 0 Å². The summed E-state index contributed by atoms with van der Waals surface area (Å²) in [7, 11) is 1.54. The van der Waals surface area contributed by atoms with Gasteiger partial charge in [-0.1, -0.05) is 62.7 Å². The summed E-state index contributed by atoms with van der Waals surface area (Å²) in [4.78, 5) is 28.2. The van der Waals surface area contributed by atoms with Crippen molar-refractivity contribution in [2.75, 3.05) is 26.9 Å². The van der Waals surface area contributed by atoms with E-state index in [1.54, 1.807) is 19.2 Å². The molecular weight excluding hydrogens is 518 g/mol. The van der Waals surface area contributed by atoms with Crippen LogP contribution < -0.4 is 9.47 Å². The van der Waals surface area contributed by atoms with Crippen LogP contribution in [0.5, 0.6) is 11.5 Å². The van der Waals surface area contributed by atoms with Gasteiger partial charge < -0.3 is 24.2 Å². The second kappa shape index (κ2) is 12.6. The molecule has 0 bridgehead atoms. The number of ether oxygens (including phenoxy) is 3. The minimum absolute atomic E-state index is 0.0332. The van der Waals surface area contributed by atoms with Crippen LogP contribution >= 0.6 is 0 Å². The van der Waals surface area contributed by atoms with Gasteiger partial charge in [-0.05, 0) is 60.7 Å². The molecular formula is C34H39NO6. The van der Waals surface area contributed by atoms with Crippen molar-refractivity contribution in [3.05, 3.63) is 100 Å². The number of carbonyl (C=O) groups excluding carboxylic acids is 2. The number of methoxy groups -OCH3 is 1. The molecule has 0 aliphatic carbocycles. The second-order valence-electron chi connectivity index (χ2n) is 11.2. The third kappa shape index (κ3) is 6.63. The van der Waals surface area contributed by atoms with Crippen LogP contribution in [0.3, 0.4) is 0 Å². The zero-order valence-electron chi connectivity index (χ0n) is 24.7. The highest BCUT2D eigenvalue weighted by atomic mass is 16.5. The number of benzene rings is 3. The van der Waals surface area contributed by atoms with Gasteiger partial charge in [0.25, 0.3) is 11.7 Å². The normalized spacial score (nSPS) is 16.7. The number of rotatable bonds is 10. The van der Waals surface area contributed by atoms with E-state index in [1.165, 1.54) is 10.5 Å². The van der Waals surface area contributed by atoms with Crippen molar-refractivity contribution < 1.29 is 28.9 Å². The first-order valence-corrected chi connectivity index (χ1v) is 13.9. The van der Waals surface area contributed by atoms with Gasteiger partial charge in [-0.25, -0.2) is 0 Å². The zero-order chi connectivity index (χ0) is 29.7. The first-order chi connectivity index (χ1) is 19.5. The molecule has 1 fully saturated rings. The van der Waals surface area contributed by atoms with E-state index < -0.39 is 17.7 Å². The lowest BCUT2D eigenvalue weighted by Gasteiger charge is -2.26. The molecule has 7 nitrogen and oxygen atoms in total. The van der Waals surface area contributed by atoms with E-state index in [2.05, 4.69) is 20.8 Å². The Kier molecular flexibility index (Phi) is 9.18. The van der Waals surface area contributed by atoms with Crippen LogP contribution in [0.4, 0.5) is 0 Å². The fraction of sp³-hybridized carbons (Fsp3) is 0.353. The first-order valence-electron chi connectivity index (χ1n) is 13.9. The van der Waals surface area contributed by atoms with E-state index >= 15 is 0 Å². The van der Waals surface area contributed by atoms with Crippen LogP contribution in [0, 0.1) is 6.92 Å². The summed E-state index contributed by atoms with van der Waals surface area (Å²) >= 11 is 0. The Balaban J connectivity index is 1.77. The lowest BCUT2D eigenvalue weighted by Crippen LogP contribution is -2.32. The molecule has 4 rings (SSSR count). The van der Waals surface area contributed by atoms with Crippen molar-refractivity contribution in [2.45, 2.75) is 52.7 Å². The Hall–Kier alpha value is -4.10. The summed E-state index contributed by atoms with van der Waals surface area (Å²) in [6, 6.07) is 19.9. The number of hydrogen-bond donors (Lipinski definition) is 1. The van der Waals surface area contributed by atoms with Gasteiger partial charge >= 0.3 is 0 Å². The summed E-state index contributed by atoms with van der Waals surface area (Å²) < 4.78 is 17.1. The average Bonchev–Trinajstić information content (AvgIpc) is 3.20. The average molecular weight is 558 g/mol. The molecule has 1 aliphatic rings. The van der Waals surface area contributed by atoms with Gasteiger partial charge in [-0.2, -0.15) is 0 Å². The number of ketones is 1. The maximum atomic E-state index is 13.4. The van der Waals surface area contributed by atoms with Gasteiger partial charge in [0.2, 0.25) is 0 Å². The van der Waals surface area contributed by atoms with Crippen LogP contribution in [0.2, 0.25) is 0 Å². The van der Waals surface area contributed by atoms with Gasteiger partial charge in [0.1, 0.15) is 23.9 Å². The second-order valence-corrected chi connectivity index (χ2v) is 11.2. The fourth-order valence-corrected chi connectivity index (χ4v) is 4.97. The molecule has 1 amide bonds. The van der Waals surface area contributed by atoms with Crippen LogP contribution in [0.15, 0.2) is 72.3 Å². The number of aryl methyl sites for hydroxylation is 1. The summed E-state index contributed by atoms with van der Waals surface area (Å²) in [5.41, 5.74) is 3.94. The Morgan fingerprint density at radius 3 is 2.37 bits per heavy atom. The molecule has 41 heavy (non-hydrogen) atoms. The monoisotopic (exact) mass is 557 g/mol. The molecule has 0 saturated carbocycles. The summed E-state index contributed by atoms with van der Waals surface area (Å²) in [6.45, 7) is 11.4. The minimum Gasteiger partial charge on any atom is -0.507 e. The standard InChI is InChI=1S/C34H39NO6/c1-7-40-28-16-15-25(20-27(28)34(3,4)5)31(36)29-30(35(17-18-39-6)33(38)32(29)37)24-9-8-10-26(19-24)41-21-23-13-11-22(2)12-14-23/h8-16,19-20,30,36H,7,17-18,21H2,1-6H3/b31-29+. The predicted molar refractivity (Wildman–Crippen MR) is 159 cm³/mol. The molecule has 1 atom stereocenters. The Morgan fingerprint density at radius 2 is 1.71 bits per heavy atom. The highest BCUT2D eigenvalue weighted by molar-refractivity contribution is 6.46. The van der Waals surface area contributed by atoms with Crippen LogP contribution in [-0.2, 0) is 26.3 Å². The quantitative estimate of drug-likeness (QED) is 0.178. The van der Waals surface area contributed by atoms with Crippen LogP contribution in [-0.4, -0.2) is 48.6 Å². The Labute approximate surface area is 242 Å². The smallest absolute Gasteiger partial charge is 0.295 e. The molecule has 7 heteroatoms. The highest BCUT2D eigenvalue weighted by Gasteiger charge is 2.46. The van der Waals surface area contributed by atoms with Crippen molar-refractivity contribution in [3.8, 4) is 11.5 Å². The molecule has 1 saturated heterocycles. The van der Waals surface area contributed by atoms with Gasteiger partial charge in [0.05, 0.1) is 24.8 Å². The van der Waals surface area contributed by atoms with E-state index in [0.29, 0.717) is 35.8 Å². The molecule has 1 heterocycles. The summed E-state index contributed by atoms with van der Waals surface area (Å²) in [5, 5.41) is 11.6. The molecule has 1 aliphatic heterocycles. The van der Waals surface area contributed by atoms with Gasteiger partial charge in [0, 0.05) is 24.8 Å². The fourth-order valence-electron chi connectivity index (χ4n) is 4.97. The van der Waals surface area contributed by atoms with Crippen molar-refractivity contribution in [2.24, 2.45) is 0 Å². The topological polar surface area (TPSA) is 85.3 Å². The molecule has 3 aromatic carbocycles. The Morgan fingerprint density at radius 1 is 0.976 bits per heavy atom. The lowest BCUT2D eigenvalue weighted by molar-refractivity contribution is -0.140. The maximum absolute atomic E-state index is 13.4. The number of amides is 1. The number of hydrogen-bond acceptors (Lipinski definition) is 6. The Bertz CT molecular complexity index is 1430. The molecule has 1 unspecified atom stereocenters. The van der Waals surface area contributed by atoms with Crippen LogP contribution in [0.1, 0.15) is 61.6 Å². The number of carbonyl (C=O) groups is 2. The molecule has 3 aromatic rings. The van der Waals surface area contributed by atoms with Gasteiger partial charge in [-0.3, -0.25) is 9.59 Å². The number of aliphatic hydroxyl groups excluding tert-OH is 1. The van der Waals surface area contributed by atoms with E-state index in [1.807, 2.05) is 68.4 Å². The SMILES string of the molecule is CCOc1ccc(/C(O)=C2\C(=O)C(=O)N(CCOC)C2c2cccc(OCc3ccc(C)cc3)c2)cc1C(C)(C)C. The van der Waals surface area contributed by atoms with Crippen molar-refractivity contribution in [1.82, 2.24) is 4.90 Å².